The maximum Gasteiger partial charge on any atom is 0.200 e. The summed E-state index contributed by atoms with van der Waals surface area (Å²) in [6.45, 7) is 2.71. The van der Waals surface area contributed by atoms with Crippen molar-refractivity contribution in [3.63, 3.8) is 0 Å². The quantitative estimate of drug-likeness (QED) is 0.285. The van der Waals surface area contributed by atoms with Crippen LogP contribution in [0.25, 0.3) is 21.9 Å². The second-order valence-electron chi connectivity index (χ2n) is 7.85. The molecule has 6 nitrogen and oxygen atoms in total. The van der Waals surface area contributed by atoms with Crippen LogP contribution < -0.4 is 26.4 Å². The van der Waals surface area contributed by atoms with Crippen LogP contribution in [0.5, 0.6) is 11.5 Å². The van der Waals surface area contributed by atoms with Gasteiger partial charge in [-0.1, -0.05) is 25.7 Å². The highest BCUT2D eigenvalue weighted by Gasteiger charge is 2.10. The Morgan fingerprint density at radius 1 is 0.645 bits per heavy atom. The van der Waals surface area contributed by atoms with E-state index in [9.17, 15) is 4.79 Å². The fourth-order valence-electron chi connectivity index (χ4n) is 3.57. The molecule has 0 amide bonds. The van der Waals surface area contributed by atoms with Crippen LogP contribution in [-0.4, -0.2) is 26.3 Å². The Bertz CT molecular complexity index is 938. The first-order chi connectivity index (χ1) is 15.2. The fraction of sp³-hybridized carbons (Fsp3) is 0.480. The minimum absolute atomic E-state index is 0.0713. The van der Waals surface area contributed by atoms with E-state index in [2.05, 4.69) is 0 Å². The van der Waals surface area contributed by atoms with Gasteiger partial charge in [0.05, 0.1) is 24.0 Å². The number of hydrogen-bond donors (Lipinski definition) is 2. The van der Waals surface area contributed by atoms with Gasteiger partial charge >= 0.3 is 0 Å². The number of ether oxygens (including phenoxy) is 2. The molecule has 0 radical (unpaired) electrons. The zero-order valence-corrected chi connectivity index (χ0v) is 18.2. The van der Waals surface area contributed by atoms with Crippen LogP contribution in [0, 0.1) is 0 Å². The minimum atomic E-state index is -0.0713. The molecule has 0 unspecified atom stereocenters. The van der Waals surface area contributed by atoms with E-state index in [-0.39, 0.29) is 5.43 Å². The molecule has 0 saturated heterocycles. The molecule has 0 aliphatic carbocycles. The van der Waals surface area contributed by atoms with Gasteiger partial charge in [-0.05, 0) is 75.2 Å². The van der Waals surface area contributed by atoms with E-state index in [0.29, 0.717) is 46.7 Å². The SMILES string of the molecule is NCCCCCCOc1ccc2oc3ccc(OCCCCCCN)cc3c(=O)c2c1. The lowest BCUT2D eigenvalue weighted by molar-refractivity contribution is 0.305. The smallest absolute Gasteiger partial charge is 0.200 e. The van der Waals surface area contributed by atoms with Gasteiger partial charge in [0, 0.05) is 0 Å². The molecule has 0 spiro atoms. The molecule has 6 heteroatoms. The summed E-state index contributed by atoms with van der Waals surface area (Å²) in [7, 11) is 0. The van der Waals surface area contributed by atoms with Gasteiger partial charge in [-0.2, -0.15) is 0 Å². The first kappa shape index (κ1) is 23.1. The molecule has 0 aliphatic heterocycles. The third-order valence-electron chi connectivity index (χ3n) is 5.35. The average Bonchev–Trinajstić information content (AvgIpc) is 2.79. The van der Waals surface area contributed by atoms with Crippen molar-refractivity contribution in [2.75, 3.05) is 26.3 Å². The van der Waals surface area contributed by atoms with Gasteiger partial charge in [-0.25, -0.2) is 0 Å². The third-order valence-corrected chi connectivity index (χ3v) is 5.35. The highest BCUT2D eigenvalue weighted by molar-refractivity contribution is 5.90. The summed E-state index contributed by atoms with van der Waals surface area (Å²) >= 11 is 0. The van der Waals surface area contributed by atoms with Gasteiger partial charge in [0.25, 0.3) is 0 Å². The van der Waals surface area contributed by atoms with Gasteiger partial charge in [-0.15, -0.1) is 0 Å². The predicted octanol–water partition coefficient (Wildman–Crippen LogP) is 4.74. The maximum atomic E-state index is 13.1. The summed E-state index contributed by atoms with van der Waals surface area (Å²) in [6.07, 6.45) is 8.44. The third kappa shape index (κ3) is 6.71. The van der Waals surface area contributed by atoms with Crippen LogP contribution in [0.3, 0.4) is 0 Å². The number of rotatable bonds is 14. The lowest BCUT2D eigenvalue weighted by Crippen LogP contribution is -2.05. The first-order valence-corrected chi connectivity index (χ1v) is 11.4. The molecular weight excluding hydrogens is 392 g/mol. The molecule has 168 valence electrons. The van der Waals surface area contributed by atoms with E-state index in [0.717, 1.165) is 64.5 Å². The highest BCUT2D eigenvalue weighted by Crippen LogP contribution is 2.25. The van der Waals surface area contributed by atoms with E-state index < -0.39 is 0 Å². The molecule has 0 bridgehead atoms. The van der Waals surface area contributed by atoms with Crippen molar-refractivity contribution in [1.29, 1.82) is 0 Å². The molecule has 3 rings (SSSR count). The molecule has 1 heterocycles. The van der Waals surface area contributed by atoms with E-state index in [1.807, 2.05) is 12.1 Å². The number of unbranched alkanes of at least 4 members (excludes halogenated alkanes) is 6. The summed E-state index contributed by atoms with van der Waals surface area (Å²) in [5, 5.41) is 1.04. The maximum absolute atomic E-state index is 13.1. The zero-order valence-electron chi connectivity index (χ0n) is 18.2. The monoisotopic (exact) mass is 426 g/mol. The van der Waals surface area contributed by atoms with Crippen LogP contribution >= 0.6 is 0 Å². The van der Waals surface area contributed by atoms with E-state index >= 15 is 0 Å². The number of hydrogen-bond acceptors (Lipinski definition) is 6. The standard InChI is InChI=1S/C25H34N2O4/c26-13-5-1-3-7-15-29-19-9-11-23-21(17-19)25(28)22-18-20(10-12-24(22)31-23)30-16-8-4-2-6-14-27/h9-12,17-18H,1-8,13-16,26-27H2. The predicted molar refractivity (Wildman–Crippen MR) is 126 cm³/mol. The molecule has 3 aromatic rings. The van der Waals surface area contributed by atoms with Crippen molar-refractivity contribution in [2.24, 2.45) is 11.5 Å². The Morgan fingerprint density at radius 3 is 1.55 bits per heavy atom. The minimum Gasteiger partial charge on any atom is -0.494 e. The topological polar surface area (TPSA) is 101 Å². The fourth-order valence-corrected chi connectivity index (χ4v) is 3.57. The molecule has 0 fully saturated rings. The van der Waals surface area contributed by atoms with Crippen molar-refractivity contribution in [3.05, 3.63) is 46.6 Å². The highest BCUT2D eigenvalue weighted by atomic mass is 16.5. The Morgan fingerprint density at radius 2 is 1.10 bits per heavy atom. The first-order valence-electron chi connectivity index (χ1n) is 11.4. The Hall–Kier alpha value is -2.57. The van der Waals surface area contributed by atoms with Crippen molar-refractivity contribution >= 4 is 21.9 Å². The van der Waals surface area contributed by atoms with Crippen molar-refractivity contribution in [3.8, 4) is 11.5 Å². The Balaban J connectivity index is 1.67. The van der Waals surface area contributed by atoms with Gasteiger partial charge in [0.15, 0.2) is 0 Å². The van der Waals surface area contributed by atoms with Crippen molar-refractivity contribution in [2.45, 2.75) is 51.4 Å². The summed E-state index contributed by atoms with van der Waals surface area (Å²) in [5.41, 5.74) is 12.1. The average molecular weight is 427 g/mol. The van der Waals surface area contributed by atoms with Crippen LogP contribution in [-0.2, 0) is 0 Å². The Labute approximate surface area is 183 Å². The second kappa shape index (κ2) is 12.3. The van der Waals surface area contributed by atoms with Crippen LogP contribution in [0.15, 0.2) is 45.6 Å². The number of fused-ring (bicyclic) bond motifs is 2. The van der Waals surface area contributed by atoms with Gasteiger partial charge < -0.3 is 25.4 Å². The molecule has 0 atom stereocenters. The summed E-state index contributed by atoms with van der Waals surface area (Å²) < 4.78 is 17.6. The molecular formula is C25H34N2O4. The molecule has 0 aliphatic rings. The molecule has 1 aromatic heterocycles. The van der Waals surface area contributed by atoms with Gasteiger partial charge in [0.2, 0.25) is 5.43 Å². The zero-order chi connectivity index (χ0) is 21.9. The molecule has 2 aromatic carbocycles. The lowest BCUT2D eigenvalue weighted by Gasteiger charge is -2.09. The van der Waals surface area contributed by atoms with Crippen molar-refractivity contribution in [1.82, 2.24) is 0 Å². The summed E-state index contributed by atoms with van der Waals surface area (Å²) in [5.74, 6) is 1.37. The number of nitrogens with two attached hydrogens (primary N) is 2. The normalized spacial score (nSPS) is 11.3. The van der Waals surface area contributed by atoms with Gasteiger partial charge in [0.1, 0.15) is 22.7 Å². The summed E-state index contributed by atoms with van der Waals surface area (Å²) in [6, 6.07) is 10.8. The van der Waals surface area contributed by atoms with Crippen LogP contribution in [0.1, 0.15) is 51.4 Å². The lowest BCUT2D eigenvalue weighted by atomic mass is 10.1. The van der Waals surface area contributed by atoms with Crippen molar-refractivity contribution < 1.29 is 13.9 Å². The van der Waals surface area contributed by atoms with Gasteiger partial charge in [-0.3, -0.25) is 4.79 Å². The molecule has 0 saturated carbocycles. The van der Waals surface area contributed by atoms with Crippen LogP contribution in [0.2, 0.25) is 0 Å². The summed E-state index contributed by atoms with van der Waals surface area (Å²) in [4.78, 5) is 13.1. The van der Waals surface area contributed by atoms with Crippen LogP contribution in [0.4, 0.5) is 0 Å². The largest absolute Gasteiger partial charge is 0.494 e. The number of benzene rings is 2. The van der Waals surface area contributed by atoms with E-state index in [1.54, 1.807) is 24.3 Å². The Kier molecular flexibility index (Phi) is 9.18. The molecule has 4 N–H and O–H groups in total. The second-order valence-corrected chi connectivity index (χ2v) is 7.85. The van der Waals surface area contributed by atoms with E-state index in [1.165, 1.54) is 0 Å². The van der Waals surface area contributed by atoms with E-state index in [4.69, 9.17) is 25.4 Å². The molecule has 31 heavy (non-hydrogen) atoms.